The average molecular weight is 235 g/mol. The van der Waals surface area contributed by atoms with Crippen molar-refractivity contribution in [1.82, 2.24) is 0 Å². The summed E-state index contributed by atoms with van der Waals surface area (Å²) in [6, 6.07) is 7.17. The summed E-state index contributed by atoms with van der Waals surface area (Å²) in [6.07, 6.45) is 3.50. The summed E-state index contributed by atoms with van der Waals surface area (Å²) in [5, 5.41) is 12.3. The number of hydrogen-bond acceptors (Lipinski definition) is 3. The fourth-order valence-electron chi connectivity index (χ4n) is 2.33. The molecule has 2 rings (SSSR count). The van der Waals surface area contributed by atoms with Gasteiger partial charge in [0, 0.05) is 12.8 Å². The van der Waals surface area contributed by atoms with Crippen LogP contribution in [0.15, 0.2) is 24.3 Å². The Hall–Kier alpha value is -1.55. The molecule has 1 saturated carbocycles. The summed E-state index contributed by atoms with van der Waals surface area (Å²) in [5.74, 6) is -0.900. The van der Waals surface area contributed by atoms with Crippen LogP contribution in [0.5, 0.6) is 0 Å². The van der Waals surface area contributed by atoms with E-state index in [1.54, 1.807) is 25.3 Å². The Morgan fingerprint density at radius 1 is 1.47 bits per heavy atom. The summed E-state index contributed by atoms with van der Waals surface area (Å²) in [7, 11) is 1.72. The van der Waals surface area contributed by atoms with Gasteiger partial charge in [-0.1, -0.05) is 6.07 Å². The Kier molecular flexibility index (Phi) is 3.64. The number of carbonyl (C=O) groups is 1. The molecule has 0 radical (unpaired) electrons. The molecule has 2 atom stereocenters. The fraction of sp³-hybridized carbons (Fsp3) is 0.462. The van der Waals surface area contributed by atoms with Crippen molar-refractivity contribution in [2.45, 2.75) is 31.4 Å². The van der Waals surface area contributed by atoms with Crippen LogP contribution in [0.1, 0.15) is 29.6 Å². The molecule has 1 aliphatic carbocycles. The van der Waals surface area contributed by atoms with E-state index in [0.717, 1.165) is 24.9 Å². The van der Waals surface area contributed by atoms with Crippen LogP contribution >= 0.6 is 0 Å². The molecule has 0 aliphatic heterocycles. The topological polar surface area (TPSA) is 58.6 Å². The second kappa shape index (κ2) is 5.19. The first kappa shape index (κ1) is 11.9. The SMILES string of the molecule is COC1CCCC1Nc1cccc(C(=O)O)c1. The van der Waals surface area contributed by atoms with Gasteiger partial charge in [0.25, 0.3) is 0 Å². The summed E-state index contributed by atoms with van der Waals surface area (Å²) >= 11 is 0. The molecular weight excluding hydrogens is 218 g/mol. The van der Waals surface area contributed by atoms with Crippen molar-refractivity contribution in [3.8, 4) is 0 Å². The lowest BCUT2D eigenvalue weighted by Crippen LogP contribution is -2.29. The van der Waals surface area contributed by atoms with Crippen molar-refractivity contribution in [3.63, 3.8) is 0 Å². The molecule has 0 spiro atoms. The monoisotopic (exact) mass is 235 g/mol. The zero-order valence-electron chi connectivity index (χ0n) is 9.85. The van der Waals surface area contributed by atoms with Crippen LogP contribution < -0.4 is 5.32 Å². The molecule has 4 heteroatoms. The first-order valence-electron chi connectivity index (χ1n) is 5.83. The number of methoxy groups -OCH3 is 1. The van der Waals surface area contributed by atoms with Crippen LogP contribution in [0.3, 0.4) is 0 Å². The zero-order valence-corrected chi connectivity index (χ0v) is 9.85. The van der Waals surface area contributed by atoms with Crippen molar-refractivity contribution in [2.75, 3.05) is 12.4 Å². The van der Waals surface area contributed by atoms with Crippen LogP contribution in [0.4, 0.5) is 5.69 Å². The zero-order chi connectivity index (χ0) is 12.3. The first-order chi connectivity index (χ1) is 8.20. The molecule has 1 aromatic rings. The smallest absolute Gasteiger partial charge is 0.335 e. The third-order valence-electron chi connectivity index (χ3n) is 3.22. The number of aromatic carboxylic acids is 1. The van der Waals surface area contributed by atoms with Crippen LogP contribution in [0.25, 0.3) is 0 Å². The molecule has 1 aromatic carbocycles. The summed E-state index contributed by atoms with van der Waals surface area (Å²) in [6.45, 7) is 0. The predicted molar refractivity (Wildman–Crippen MR) is 65.5 cm³/mol. The van der Waals surface area contributed by atoms with Crippen molar-refractivity contribution in [3.05, 3.63) is 29.8 Å². The fourth-order valence-corrected chi connectivity index (χ4v) is 2.33. The van der Waals surface area contributed by atoms with Gasteiger partial charge in [0.15, 0.2) is 0 Å². The number of rotatable bonds is 4. The first-order valence-corrected chi connectivity index (χ1v) is 5.83. The quantitative estimate of drug-likeness (QED) is 0.841. The van der Waals surface area contributed by atoms with Gasteiger partial charge in [0.1, 0.15) is 0 Å². The van der Waals surface area contributed by atoms with Gasteiger partial charge in [0.2, 0.25) is 0 Å². The van der Waals surface area contributed by atoms with Crippen LogP contribution in [-0.4, -0.2) is 30.3 Å². The van der Waals surface area contributed by atoms with E-state index in [9.17, 15) is 4.79 Å². The predicted octanol–water partition coefficient (Wildman–Crippen LogP) is 2.36. The maximum Gasteiger partial charge on any atom is 0.335 e. The number of ether oxygens (including phenoxy) is 1. The molecule has 0 bridgehead atoms. The Labute approximate surface area is 101 Å². The molecule has 0 amide bonds. The number of anilines is 1. The van der Waals surface area contributed by atoms with Gasteiger partial charge in [0.05, 0.1) is 17.7 Å². The maximum absolute atomic E-state index is 10.9. The highest BCUT2D eigenvalue weighted by Gasteiger charge is 2.26. The highest BCUT2D eigenvalue weighted by Crippen LogP contribution is 2.25. The van der Waals surface area contributed by atoms with E-state index in [1.165, 1.54) is 0 Å². The normalized spacial score (nSPS) is 23.6. The van der Waals surface area contributed by atoms with Gasteiger partial charge in [-0.05, 0) is 37.5 Å². The van der Waals surface area contributed by atoms with E-state index in [1.807, 2.05) is 6.07 Å². The highest BCUT2D eigenvalue weighted by atomic mass is 16.5. The van der Waals surface area contributed by atoms with Crippen LogP contribution in [-0.2, 0) is 4.74 Å². The minimum absolute atomic E-state index is 0.225. The molecular formula is C13H17NO3. The average Bonchev–Trinajstić information content (AvgIpc) is 2.76. The summed E-state index contributed by atoms with van der Waals surface area (Å²) in [4.78, 5) is 10.9. The number of benzene rings is 1. The van der Waals surface area contributed by atoms with E-state index < -0.39 is 5.97 Å². The Bertz CT molecular complexity index is 405. The van der Waals surface area contributed by atoms with Gasteiger partial charge < -0.3 is 15.2 Å². The van der Waals surface area contributed by atoms with Gasteiger partial charge in [-0.25, -0.2) is 4.79 Å². The third-order valence-corrected chi connectivity index (χ3v) is 3.22. The number of nitrogens with one attached hydrogen (secondary N) is 1. The summed E-state index contributed by atoms with van der Waals surface area (Å²) < 4.78 is 5.39. The van der Waals surface area contributed by atoms with Crippen LogP contribution in [0.2, 0.25) is 0 Å². The van der Waals surface area contributed by atoms with Crippen LogP contribution in [0, 0.1) is 0 Å². The largest absolute Gasteiger partial charge is 0.478 e. The third kappa shape index (κ3) is 2.77. The number of carboxylic acid groups (broad SMARTS) is 1. The van der Waals surface area contributed by atoms with Gasteiger partial charge >= 0.3 is 5.97 Å². The summed E-state index contributed by atoms with van der Waals surface area (Å²) in [5.41, 5.74) is 1.15. The van der Waals surface area contributed by atoms with E-state index in [-0.39, 0.29) is 12.1 Å². The van der Waals surface area contributed by atoms with E-state index >= 15 is 0 Å². The Balaban J connectivity index is 2.07. The lowest BCUT2D eigenvalue weighted by atomic mass is 10.1. The van der Waals surface area contributed by atoms with Gasteiger partial charge in [-0.3, -0.25) is 0 Å². The van der Waals surface area contributed by atoms with E-state index in [4.69, 9.17) is 9.84 Å². The number of hydrogen-bond donors (Lipinski definition) is 2. The molecule has 0 aromatic heterocycles. The molecule has 92 valence electrons. The molecule has 1 fully saturated rings. The minimum Gasteiger partial charge on any atom is -0.478 e. The van der Waals surface area contributed by atoms with Gasteiger partial charge in [-0.2, -0.15) is 0 Å². The van der Waals surface area contributed by atoms with Crippen molar-refractivity contribution < 1.29 is 14.6 Å². The standard InChI is InChI=1S/C13H17NO3/c1-17-12-7-3-6-11(12)14-10-5-2-4-9(8-10)13(15)16/h2,4-5,8,11-12,14H,3,6-7H2,1H3,(H,15,16). The molecule has 1 aliphatic rings. The Morgan fingerprint density at radius 3 is 3.00 bits per heavy atom. The number of carboxylic acids is 1. The van der Waals surface area contributed by atoms with Crippen molar-refractivity contribution in [2.24, 2.45) is 0 Å². The van der Waals surface area contributed by atoms with E-state index in [0.29, 0.717) is 5.56 Å². The molecule has 17 heavy (non-hydrogen) atoms. The lowest BCUT2D eigenvalue weighted by Gasteiger charge is -2.20. The maximum atomic E-state index is 10.9. The molecule has 2 N–H and O–H groups in total. The van der Waals surface area contributed by atoms with Crippen molar-refractivity contribution in [1.29, 1.82) is 0 Å². The minimum atomic E-state index is -0.900. The van der Waals surface area contributed by atoms with Crippen molar-refractivity contribution >= 4 is 11.7 Å². The lowest BCUT2D eigenvalue weighted by molar-refractivity contribution is 0.0697. The van der Waals surface area contributed by atoms with E-state index in [2.05, 4.69) is 5.32 Å². The second-order valence-electron chi connectivity index (χ2n) is 4.34. The second-order valence-corrected chi connectivity index (χ2v) is 4.34. The molecule has 4 nitrogen and oxygen atoms in total. The molecule has 2 unspecified atom stereocenters. The highest BCUT2D eigenvalue weighted by molar-refractivity contribution is 5.88. The molecule has 0 saturated heterocycles. The Morgan fingerprint density at radius 2 is 2.29 bits per heavy atom. The van der Waals surface area contributed by atoms with Gasteiger partial charge in [-0.15, -0.1) is 0 Å². The molecule has 0 heterocycles.